The van der Waals surface area contributed by atoms with Crippen LogP contribution in [0, 0.1) is 0 Å². The number of nitrogens with one attached hydrogen (secondary N) is 1. The van der Waals surface area contributed by atoms with Crippen molar-refractivity contribution in [2.45, 2.75) is 42.2 Å². The lowest BCUT2D eigenvalue weighted by Gasteiger charge is -2.24. The van der Waals surface area contributed by atoms with Gasteiger partial charge in [0, 0.05) is 22.6 Å². The standard InChI is InChI=1S/C22H27ClN2O3S2/c23-18-11-13-21(14-12-18)30(27,28)25(19-7-3-1-4-8-19)17-22(26)24-15-16-29-20-9-5-2-6-10-20/h1,3-4,7-8,11-14,20H,2,5-6,9-10,15-17H2,(H,24,26). The van der Waals surface area contributed by atoms with Crippen molar-refractivity contribution in [3.05, 3.63) is 59.6 Å². The monoisotopic (exact) mass is 466 g/mol. The van der Waals surface area contributed by atoms with Gasteiger partial charge < -0.3 is 5.32 Å². The summed E-state index contributed by atoms with van der Waals surface area (Å²) in [6, 6.07) is 14.6. The summed E-state index contributed by atoms with van der Waals surface area (Å²) >= 11 is 7.79. The summed E-state index contributed by atoms with van der Waals surface area (Å²) < 4.78 is 27.6. The van der Waals surface area contributed by atoms with Gasteiger partial charge in [-0.15, -0.1) is 0 Å². The number of anilines is 1. The molecule has 1 aliphatic carbocycles. The quantitative estimate of drug-likeness (QED) is 0.543. The molecule has 0 saturated heterocycles. The third-order valence-electron chi connectivity index (χ3n) is 5.06. The van der Waals surface area contributed by atoms with Crippen LogP contribution in [0.15, 0.2) is 59.5 Å². The van der Waals surface area contributed by atoms with Gasteiger partial charge in [-0.25, -0.2) is 8.42 Å². The normalized spacial score (nSPS) is 15.0. The Balaban J connectivity index is 1.64. The number of para-hydroxylation sites is 1. The van der Waals surface area contributed by atoms with Crippen LogP contribution < -0.4 is 9.62 Å². The molecular formula is C22H27ClN2O3S2. The van der Waals surface area contributed by atoms with Crippen LogP contribution in [0.1, 0.15) is 32.1 Å². The summed E-state index contributed by atoms with van der Waals surface area (Å²) in [5, 5.41) is 4.00. The molecule has 0 unspecified atom stereocenters. The molecule has 1 saturated carbocycles. The van der Waals surface area contributed by atoms with Gasteiger partial charge in [-0.05, 0) is 49.2 Å². The van der Waals surface area contributed by atoms with Crippen molar-refractivity contribution < 1.29 is 13.2 Å². The fourth-order valence-corrected chi connectivity index (χ4v) is 6.24. The van der Waals surface area contributed by atoms with Crippen LogP contribution in [0.4, 0.5) is 5.69 Å². The van der Waals surface area contributed by atoms with E-state index >= 15 is 0 Å². The maximum atomic E-state index is 13.2. The van der Waals surface area contributed by atoms with Crippen molar-refractivity contribution in [1.29, 1.82) is 0 Å². The van der Waals surface area contributed by atoms with Crippen molar-refractivity contribution in [2.24, 2.45) is 0 Å². The lowest BCUT2D eigenvalue weighted by Crippen LogP contribution is -2.41. The highest BCUT2D eigenvalue weighted by atomic mass is 35.5. The number of sulfonamides is 1. The van der Waals surface area contributed by atoms with Crippen LogP contribution in [0.5, 0.6) is 0 Å². The molecule has 3 rings (SSSR count). The topological polar surface area (TPSA) is 66.5 Å². The average molecular weight is 467 g/mol. The van der Waals surface area contributed by atoms with E-state index in [2.05, 4.69) is 5.32 Å². The molecule has 0 spiro atoms. The molecule has 30 heavy (non-hydrogen) atoms. The molecule has 2 aromatic rings. The Bertz CT molecular complexity index is 915. The average Bonchev–Trinajstić information content (AvgIpc) is 2.76. The highest BCUT2D eigenvalue weighted by molar-refractivity contribution is 7.99. The Morgan fingerprint density at radius 1 is 1.03 bits per heavy atom. The molecule has 1 aliphatic rings. The number of benzene rings is 2. The van der Waals surface area contributed by atoms with E-state index in [1.54, 1.807) is 30.3 Å². The SMILES string of the molecule is O=C(CN(c1ccccc1)S(=O)(=O)c1ccc(Cl)cc1)NCCSC1CCCCC1. The highest BCUT2D eigenvalue weighted by Gasteiger charge is 2.27. The molecule has 0 bridgehead atoms. The number of rotatable bonds is 9. The molecule has 0 atom stereocenters. The zero-order chi connectivity index (χ0) is 21.4. The minimum atomic E-state index is -3.91. The number of carbonyl (C=O) groups is 1. The molecule has 1 N–H and O–H groups in total. The first-order valence-electron chi connectivity index (χ1n) is 10.2. The summed E-state index contributed by atoms with van der Waals surface area (Å²) in [6.45, 7) is 0.257. The van der Waals surface area contributed by atoms with E-state index in [0.717, 1.165) is 10.1 Å². The number of thioether (sulfide) groups is 1. The van der Waals surface area contributed by atoms with Crippen LogP contribution in [0.25, 0.3) is 0 Å². The first-order valence-corrected chi connectivity index (χ1v) is 13.0. The Kier molecular flexibility index (Phi) is 8.48. The van der Waals surface area contributed by atoms with E-state index in [9.17, 15) is 13.2 Å². The number of nitrogens with zero attached hydrogens (tertiary/aromatic N) is 1. The molecule has 0 aromatic heterocycles. The Morgan fingerprint density at radius 2 is 1.70 bits per heavy atom. The van der Waals surface area contributed by atoms with Gasteiger partial charge in [0.05, 0.1) is 10.6 Å². The van der Waals surface area contributed by atoms with Gasteiger partial charge in [0.2, 0.25) is 5.91 Å². The van der Waals surface area contributed by atoms with Gasteiger partial charge in [-0.2, -0.15) is 11.8 Å². The summed E-state index contributed by atoms with van der Waals surface area (Å²) in [6.07, 6.45) is 6.40. The van der Waals surface area contributed by atoms with Gasteiger partial charge in [0.25, 0.3) is 10.0 Å². The first kappa shape index (κ1) is 23.0. The third-order valence-corrected chi connectivity index (χ3v) is 8.49. The van der Waals surface area contributed by atoms with Crippen LogP contribution in [0.3, 0.4) is 0 Å². The molecule has 0 radical (unpaired) electrons. The fraction of sp³-hybridized carbons (Fsp3) is 0.409. The molecule has 1 amide bonds. The predicted molar refractivity (Wildman–Crippen MR) is 125 cm³/mol. The maximum absolute atomic E-state index is 13.2. The number of hydrogen-bond acceptors (Lipinski definition) is 4. The van der Waals surface area contributed by atoms with Crippen molar-refractivity contribution in [2.75, 3.05) is 23.1 Å². The minimum absolute atomic E-state index is 0.0939. The molecule has 0 aliphatic heterocycles. The predicted octanol–water partition coefficient (Wildman–Crippen LogP) is 4.72. The van der Waals surface area contributed by atoms with Gasteiger partial charge in [-0.1, -0.05) is 49.1 Å². The maximum Gasteiger partial charge on any atom is 0.264 e. The molecular weight excluding hydrogens is 440 g/mol. The van der Waals surface area contributed by atoms with Gasteiger partial charge in [-0.3, -0.25) is 9.10 Å². The molecule has 8 heteroatoms. The minimum Gasteiger partial charge on any atom is -0.354 e. The highest BCUT2D eigenvalue weighted by Crippen LogP contribution is 2.28. The van der Waals surface area contributed by atoms with Gasteiger partial charge >= 0.3 is 0 Å². The summed E-state index contributed by atoms with van der Waals surface area (Å²) in [4.78, 5) is 12.7. The largest absolute Gasteiger partial charge is 0.354 e. The van der Waals surface area contributed by atoms with E-state index < -0.39 is 10.0 Å². The first-order chi connectivity index (χ1) is 14.5. The molecule has 5 nitrogen and oxygen atoms in total. The summed E-state index contributed by atoms with van der Waals surface area (Å²) in [5.74, 6) is 0.520. The fourth-order valence-electron chi connectivity index (χ4n) is 3.48. The molecule has 1 fully saturated rings. The van der Waals surface area contributed by atoms with E-state index in [1.807, 2.05) is 11.8 Å². The van der Waals surface area contributed by atoms with Gasteiger partial charge in [0.15, 0.2) is 0 Å². The molecule has 0 heterocycles. The van der Waals surface area contributed by atoms with Crippen molar-refractivity contribution >= 4 is 45.0 Å². The summed E-state index contributed by atoms with van der Waals surface area (Å²) in [7, 11) is -3.91. The summed E-state index contributed by atoms with van der Waals surface area (Å²) in [5.41, 5.74) is 0.444. The van der Waals surface area contributed by atoms with Crippen LogP contribution in [0.2, 0.25) is 5.02 Å². The molecule has 2 aromatic carbocycles. The van der Waals surface area contributed by atoms with Crippen molar-refractivity contribution in [3.63, 3.8) is 0 Å². The number of hydrogen-bond donors (Lipinski definition) is 1. The van der Waals surface area contributed by atoms with Gasteiger partial charge in [0.1, 0.15) is 6.54 Å². The van der Waals surface area contributed by atoms with Crippen LogP contribution >= 0.6 is 23.4 Å². The second-order valence-corrected chi connectivity index (χ2v) is 11.0. The second-order valence-electron chi connectivity index (χ2n) is 7.28. The Hall–Kier alpha value is -1.70. The number of halogens is 1. The smallest absolute Gasteiger partial charge is 0.264 e. The van der Waals surface area contributed by atoms with Crippen LogP contribution in [-0.4, -0.2) is 38.4 Å². The lowest BCUT2D eigenvalue weighted by molar-refractivity contribution is -0.119. The van der Waals surface area contributed by atoms with E-state index in [0.29, 0.717) is 22.5 Å². The lowest BCUT2D eigenvalue weighted by atomic mass is 10.0. The Labute approximate surface area is 188 Å². The zero-order valence-corrected chi connectivity index (χ0v) is 19.2. The van der Waals surface area contributed by atoms with E-state index in [1.165, 1.54) is 56.4 Å². The van der Waals surface area contributed by atoms with E-state index in [4.69, 9.17) is 11.6 Å². The van der Waals surface area contributed by atoms with E-state index in [-0.39, 0.29) is 17.3 Å². The van der Waals surface area contributed by atoms with Crippen molar-refractivity contribution in [3.8, 4) is 0 Å². The zero-order valence-electron chi connectivity index (χ0n) is 16.8. The second kappa shape index (κ2) is 11.1. The number of amides is 1. The Morgan fingerprint density at radius 3 is 2.37 bits per heavy atom. The third kappa shape index (κ3) is 6.40. The number of carbonyl (C=O) groups excluding carboxylic acids is 1. The molecule has 162 valence electrons. The van der Waals surface area contributed by atoms with Crippen LogP contribution in [-0.2, 0) is 14.8 Å². The van der Waals surface area contributed by atoms with Crippen molar-refractivity contribution in [1.82, 2.24) is 5.32 Å².